The van der Waals surface area contributed by atoms with Gasteiger partial charge in [0, 0.05) is 25.7 Å². The third-order valence-corrected chi connectivity index (χ3v) is 19.3. The maximum absolute atomic E-state index is 13.1. The van der Waals surface area contributed by atoms with Crippen LogP contribution in [0.2, 0.25) is 0 Å². The molecule has 0 aromatic rings. The average Bonchev–Trinajstić information content (AvgIpc) is 1.21. The number of phosphoric ester groups is 2. The molecule has 3 N–H and O–H groups in total. The number of aliphatic hydroxyl groups excluding tert-OH is 1. The number of hydrogen-bond acceptors (Lipinski definition) is 15. The lowest BCUT2D eigenvalue weighted by molar-refractivity contribution is -0.161. The van der Waals surface area contributed by atoms with Crippen molar-refractivity contribution in [2.45, 2.75) is 401 Å². The summed E-state index contributed by atoms with van der Waals surface area (Å²) in [6.45, 7) is 11.9. The second-order valence-electron chi connectivity index (χ2n) is 28.5. The smallest absolute Gasteiger partial charge is 0.462 e. The standard InChI is InChI=1S/C75H146O17P2/c1-8-9-10-11-12-35-42-49-56-72(77)85-62-70(91-75(80)59-52-45-38-31-25-24-28-34-41-48-55-68(6)7)64-89-93(81,82)87-60-69(76)61-88-94(83,84)90-65-71(63-86-73(78)57-50-43-36-29-23-19-21-27-33-40-47-54-67(4)5)92-74(79)58-51-44-37-30-22-18-16-14-13-15-17-20-26-32-39-46-53-66(2)3/h66-71,76H,8-65H2,1-7H3,(H,81,82)(H,83,84)/t69-,70+,71+/m0/s1. The summed E-state index contributed by atoms with van der Waals surface area (Å²) in [7, 11) is -9.91. The number of carbonyl (C=O) groups is 4. The molecular weight excluding hydrogens is 1230 g/mol. The summed E-state index contributed by atoms with van der Waals surface area (Å²) in [6, 6.07) is 0. The van der Waals surface area contributed by atoms with Crippen molar-refractivity contribution in [3.63, 3.8) is 0 Å². The lowest BCUT2D eigenvalue weighted by atomic mass is 10.0. The highest BCUT2D eigenvalue weighted by Crippen LogP contribution is 2.45. The summed E-state index contributed by atoms with van der Waals surface area (Å²) >= 11 is 0. The van der Waals surface area contributed by atoms with Crippen LogP contribution in [-0.4, -0.2) is 96.7 Å². The van der Waals surface area contributed by atoms with Crippen molar-refractivity contribution >= 4 is 39.5 Å². The Hall–Kier alpha value is -1.94. The van der Waals surface area contributed by atoms with Crippen molar-refractivity contribution in [3.8, 4) is 0 Å². The molecule has 0 saturated heterocycles. The molecule has 0 amide bonds. The lowest BCUT2D eigenvalue weighted by Crippen LogP contribution is -2.30. The molecule has 0 aliphatic carbocycles. The third kappa shape index (κ3) is 68.6. The minimum atomic E-state index is -4.96. The normalized spacial score (nSPS) is 14.1. The van der Waals surface area contributed by atoms with Crippen LogP contribution in [0.4, 0.5) is 0 Å². The molecule has 0 fully saturated rings. The molecule has 0 aliphatic rings. The molecule has 0 aliphatic heterocycles. The molecule has 19 heteroatoms. The van der Waals surface area contributed by atoms with Crippen molar-refractivity contribution in [1.82, 2.24) is 0 Å². The summed E-state index contributed by atoms with van der Waals surface area (Å²) in [6.07, 6.45) is 51.4. The molecule has 0 aromatic heterocycles. The van der Waals surface area contributed by atoms with Gasteiger partial charge in [-0.2, -0.15) is 0 Å². The van der Waals surface area contributed by atoms with Gasteiger partial charge < -0.3 is 33.8 Å². The molecule has 558 valence electrons. The van der Waals surface area contributed by atoms with Crippen LogP contribution < -0.4 is 0 Å². The van der Waals surface area contributed by atoms with Gasteiger partial charge in [0.25, 0.3) is 0 Å². The van der Waals surface area contributed by atoms with Crippen molar-refractivity contribution < 1.29 is 80.2 Å². The van der Waals surface area contributed by atoms with Gasteiger partial charge in [-0.1, -0.05) is 331 Å². The molecule has 0 bridgehead atoms. The van der Waals surface area contributed by atoms with E-state index in [2.05, 4.69) is 48.5 Å². The Kier molecular flexibility index (Phi) is 64.3. The van der Waals surface area contributed by atoms with Crippen LogP contribution in [-0.2, 0) is 65.4 Å². The Labute approximate surface area is 575 Å². The fraction of sp³-hybridized carbons (Fsp3) is 0.947. The molecule has 0 saturated carbocycles. The van der Waals surface area contributed by atoms with E-state index in [-0.39, 0.29) is 25.7 Å². The Morgan fingerprint density at radius 3 is 0.723 bits per heavy atom. The predicted molar refractivity (Wildman–Crippen MR) is 381 cm³/mol. The summed E-state index contributed by atoms with van der Waals surface area (Å²) in [5.74, 6) is 0.211. The fourth-order valence-corrected chi connectivity index (χ4v) is 13.0. The van der Waals surface area contributed by atoms with E-state index in [9.17, 15) is 43.2 Å². The van der Waals surface area contributed by atoms with E-state index in [1.54, 1.807) is 0 Å². The lowest BCUT2D eigenvalue weighted by Gasteiger charge is -2.21. The van der Waals surface area contributed by atoms with Gasteiger partial charge in [0.1, 0.15) is 19.3 Å². The van der Waals surface area contributed by atoms with E-state index < -0.39 is 97.5 Å². The second kappa shape index (κ2) is 65.7. The molecule has 0 spiro atoms. The number of aliphatic hydroxyl groups is 1. The molecule has 0 heterocycles. The van der Waals surface area contributed by atoms with Gasteiger partial charge in [-0.15, -0.1) is 0 Å². The van der Waals surface area contributed by atoms with Gasteiger partial charge in [0.05, 0.1) is 26.4 Å². The minimum absolute atomic E-state index is 0.106. The van der Waals surface area contributed by atoms with Crippen molar-refractivity contribution in [2.24, 2.45) is 17.8 Å². The summed E-state index contributed by atoms with van der Waals surface area (Å²) in [5, 5.41) is 10.6. The van der Waals surface area contributed by atoms with Crippen LogP contribution in [0.15, 0.2) is 0 Å². The van der Waals surface area contributed by atoms with Crippen molar-refractivity contribution in [3.05, 3.63) is 0 Å². The number of carbonyl (C=O) groups excluding carboxylic acids is 4. The molecule has 0 rings (SSSR count). The van der Waals surface area contributed by atoms with Gasteiger partial charge in [-0.05, 0) is 43.4 Å². The molecule has 0 aromatic carbocycles. The Morgan fingerprint density at radius 2 is 0.489 bits per heavy atom. The zero-order valence-electron chi connectivity index (χ0n) is 61.4. The van der Waals surface area contributed by atoms with Gasteiger partial charge in [0.15, 0.2) is 12.2 Å². The van der Waals surface area contributed by atoms with Crippen LogP contribution in [0.3, 0.4) is 0 Å². The molecule has 0 radical (unpaired) electrons. The van der Waals surface area contributed by atoms with E-state index in [1.807, 2.05) is 0 Å². The van der Waals surface area contributed by atoms with Gasteiger partial charge in [-0.25, -0.2) is 9.13 Å². The monoisotopic (exact) mass is 1380 g/mol. The molecule has 17 nitrogen and oxygen atoms in total. The highest BCUT2D eigenvalue weighted by atomic mass is 31.2. The maximum atomic E-state index is 13.1. The SMILES string of the molecule is CCCCCCCCCCC(=O)OC[C@H](COP(=O)(O)OC[C@H](O)COP(=O)(O)OC[C@@H](COC(=O)CCCCCCCCCCCCCC(C)C)OC(=O)CCCCCCCCCCCCCCCCCCC(C)C)OC(=O)CCCCCCCCCCCCC(C)C. The largest absolute Gasteiger partial charge is 0.472 e. The zero-order chi connectivity index (χ0) is 69.4. The van der Waals surface area contributed by atoms with Crippen LogP contribution in [0.5, 0.6) is 0 Å². The Morgan fingerprint density at radius 1 is 0.287 bits per heavy atom. The first-order valence-corrected chi connectivity index (χ1v) is 41.8. The molecular formula is C75H146O17P2. The fourth-order valence-electron chi connectivity index (χ4n) is 11.4. The Bertz CT molecular complexity index is 1840. The first kappa shape index (κ1) is 92.1. The van der Waals surface area contributed by atoms with E-state index in [0.717, 1.165) is 114 Å². The van der Waals surface area contributed by atoms with Crippen molar-refractivity contribution in [1.29, 1.82) is 0 Å². The molecule has 5 atom stereocenters. The average molecular weight is 1380 g/mol. The number of esters is 4. The van der Waals surface area contributed by atoms with Crippen LogP contribution in [0, 0.1) is 17.8 Å². The maximum Gasteiger partial charge on any atom is 0.472 e. The zero-order valence-corrected chi connectivity index (χ0v) is 63.2. The summed E-state index contributed by atoms with van der Waals surface area (Å²) in [4.78, 5) is 72.7. The first-order valence-electron chi connectivity index (χ1n) is 38.8. The predicted octanol–water partition coefficient (Wildman–Crippen LogP) is 21.8. The second-order valence-corrected chi connectivity index (χ2v) is 31.4. The Balaban J connectivity index is 5.21. The quantitative estimate of drug-likeness (QED) is 0.0222. The van der Waals surface area contributed by atoms with Crippen LogP contribution >= 0.6 is 15.6 Å². The van der Waals surface area contributed by atoms with E-state index in [0.29, 0.717) is 25.7 Å². The highest BCUT2D eigenvalue weighted by Gasteiger charge is 2.30. The number of hydrogen-bond donors (Lipinski definition) is 3. The number of unbranched alkanes of at least 4 members (excludes halogenated alkanes) is 41. The summed E-state index contributed by atoms with van der Waals surface area (Å²) < 4.78 is 68.4. The van der Waals surface area contributed by atoms with E-state index in [1.165, 1.54) is 186 Å². The van der Waals surface area contributed by atoms with Gasteiger partial charge >= 0.3 is 39.5 Å². The van der Waals surface area contributed by atoms with E-state index >= 15 is 0 Å². The van der Waals surface area contributed by atoms with Crippen LogP contribution in [0.1, 0.15) is 382 Å². The topological polar surface area (TPSA) is 237 Å². The van der Waals surface area contributed by atoms with E-state index in [4.69, 9.17) is 37.0 Å². The van der Waals surface area contributed by atoms with Crippen LogP contribution in [0.25, 0.3) is 0 Å². The first-order chi connectivity index (χ1) is 45.2. The van der Waals surface area contributed by atoms with Crippen molar-refractivity contribution in [2.75, 3.05) is 39.6 Å². The number of phosphoric acid groups is 2. The third-order valence-electron chi connectivity index (χ3n) is 17.4. The molecule has 94 heavy (non-hydrogen) atoms. The number of rotatable bonds is 73. The highest BCUT2D eigenvalue weighted by molar-refractivity contribution is 7.47. The van der Waals surface area contributed by atoms with Gasteiger partial charge in [0.2, 0.25) is 0 Å². The minimum Gasteiger partial charge on any atom is -0.462 e. The molecule has 2 unspecified atom stereocenters. The number of ether oxygens (including phenoxy) is 4. The van der Waals surface area contributed by atoms with Gasteiger partial charge in [-0.3, -0.25) is 37.3 Å². The summed E-state index contributed by atoms with van der Waals surface area (Å²) in [5.41, 5.74) is 0.